The van der Waals surface area contributed by atoms with E-state index in [4.69, 9.17) is 9.47 Å². The second-order valence-corrected chi connectivity index (χ2v) is 7.45. The van der Waals surface area contributed by atoms with Gasteiger partial charge in [-0.1, -0.05) is 48.5 Å². The van der Waals surface area contributed by atoms with Crippen molar-refractivity contribution in [2.24, 2.45) is 15.2 Å². The highest BCUT2D eigenvalue weighted by Gasteiger charge is 2.09. The number of ether oxygens (including phenoxy) is 2. The van der Waals surface area contributed by atoms with E-state index in [1.54, 1.807) is 0 Å². The Bertz CT molecular complexity index is 1280. The van der Waals surface area contributed by atoms with Crippen LogP contribution in [0.3, 0.4) is 0 Å². The summed E-state index contributed by atoms with van der Waals surface area (Å²) in [4.78, 5) is 8.92. The fourth-order valence-electron chi connectivity index (χ4n) is 3.53. The van der Waals surface area contributed by atoms with E-state index in [1.165, 1.54) is 0 Å². The minimum atomic E-state index is 0.416. The van der Waals surface area contributed by atoms with E-state index in [2.05, 4.69) is 44.5 Å². The van der Waals surface area contributed by atoms with Crippen LogP contribution >= 0.6 is 0 Å². The average molecular weight is 422 g/mol. The Morgan fingerprint density at radius 2 is 1.41 bits per heavy atom. The van der Waals surface area contributed by atoms with Crippen LogP contribution in [0.2, 0.25) is 0 Å². The van der Waals surface area contributed by atoms with Crippen LogP contribution in [0.4, 0.5) is 0 Å². The lowest BCUT2D eigenvalue weighted by molar-refractivity contribution is 0.294. The van der Waals surface area contributed by atoms with E-state index in [-0.39, 0.29) is 0 Å². The molecule has 3 aromatic carbocycles. The van der Waals surface area contributed by atoms with Crippen LogP contribution in [0.5, 0.6) is 11.5 Å². The van der Waals surface area contributed by atoms with Gasteiger partial charge in [-0.15, -0.1) is 5.11 Å². The van der Waals surface area contributed by atoms with Crippen molar-refractivity contribution < 1.29 is 9.47 Å². The molecule has 0 bridgehead atoms. The molecule has 1 aromatic heterocycles. The van der Waals surface area contributed by atoms with Gasteiger partial charge >= 0.3 is 0 Å². The molecule has 6 nitrogen and oxygen atoms in total. The Kier molecular flexibility index (Phi) is 5.83. The summed E-state index contributed by atoms with van der Waals surface area (Å²) >= 11 is 0. The molecule has 2 heterocycles. The molecule has 0 radical (unpaired) electrons. The van der Waals surface area contributed by atoms with E-state index in [1.807, 2.05) is 60.7 Å². The number of hydrogen-bond acceptors (Lipinski definition) is 6. The second kappa shape index (κ2) is 9.39. The number of hydrogen-bond donors (Lipinski definition) is 0. The van der Waals surface area contributed by atoms with E-state index in [9.17, 15) is 0 Å². The first-order chi connectivity index (χ1) is 15.8. The zero-order valence-electron chi connectivity index (χ0n) is 17.5. The summed E-state index contributed by atoms with van der Waals surface area (Å²) in [6.45, 7) is 1.32. The Hall–Kier alpha value is -4.06. The SMILES string of the molecule is c1ccc(CC2=NCN=N2)c(COc2ccc(OCc3ccc4ccccc4n3)cc2)c1. The maximum atomic E-state index is 6.00. The first-order valence-corrected chi connectivity index (χ1v) is 10.5. The standard InChI is InChI=1S/C26H22N4O2/c1-2-7-21(20(6-1)15-26-27-18-28-30-26)16-31-23-11-13-24(14-12-23)32-17-22-10-9-19-5-3-4-8-25(19)29-22/h1-14H,15-18H2. The van der Waals surface area contributed by atoms with Gasteiger partial charge in [0.1, 0.15) is 24.7 Å². The molecule has 6 heteroatoms. The molecule has 32 heavy (non-hydrogen) atoms. The van der Waals surface area contributed by atoms with Gasteiger partial charge in [-0.25, -0.2) is 9.98 Å². The lowest BCUT2D eigenvalue weighted by Gasteiger charge is -2.11. The zero-order valence-corrected chi connectivity index (χ0v) is 17.5. The maximum absolute atomic E-state index is 6.00. The van der Waals surface area contributed by atoms with E-state index in [0.717, 1.165) is 45.1 Å². The van der Waals surface area contributed by atoms with Crippen LogP contribution in [-0.2, 0) is 19.6 Å². The van der Waals surface area contributed by atoms with Crippen LogP contribution in [0, 0.1) is 0 Å². The summed E-state index contributed by atoms with van der Waals surface area (Å²) in [5.41, 5.74) is 4.13. The summed E-state index contributed by atoms with van der Waals surface area (Å²) < 4.78 is 11.9. The summed E-state index contributed by atoms with van der Waals surface area (Å²) in [7, 11) is 0. The fourth-order valence-corrected chi connectivity index (χ4v) is 3.53. The second-order valence-electron chi connectivity index (χ2n) is 7.45. The van der Waals surface area contributed by atoms with Crippen molar-refractivity contribution in [2.45, 2.75) is 19.6 Å². The van der Waals surface area contributed by atoms with Crippen LogP contribution in [0.1, 0.15) is 16.8 Å². The third kappa shape index (κ3) is 4.81. The smallest absolute Gasteiger partial charge is 0.152 e. The molecule has 0 spiro atoms. The van der Waals surface area contributed by atoms with Gasteiger partial charge in [0.2, 0.25) is 0 Å². The Labute approximate surface area is 186 Å². The largest absolute Gasteiger partial charge is 0.489 e. The molecule has 5 rings (SSSR count). The number of amidine groups is 1. The predicted molar refractivity (Wildman–Crippen MR) is 124 cm³/mol. The zero-order chi connectivity index (χ0) is 21.6. The number of azo groups is 1. The van der Waals surface area contributed by atoms with Crippen molar-refractivity contribution in [3.8, 4) is 11.5 Å². The number of aromatic nitrogens is 1. The van der Waals surface area contributed by atoms with Crippen molar-refractivity contribution in [3.63, 3.8) is 0 Å². The molecule has 0 saturated heterocycles. The number of fused-ring (bicyclic) bond motifs is 1. The van der Waals surface area contributed by atoms with Crippen molar-refractivity contribution in [1.82, 2.24) is 4.98 Å². The summed E-state index contributed by atoms with van der Waals surface area (Å²) in [6, 6.07) is 28.0. The highest BCUT2D eigenvalue weighted by molar-refractivity contribution is 5.85. The Morgan fingerprint density at radius 3 is 2.19 bits per heavy atom. The van der Waals surface area contributed by atoms with Gasteiger partial charge < -0.3 is 9.47 Å². The highest BCUT2D eigenvalue weighted by Crippen LogP contribution is 2.21. The van der Waals surface area contributed by atoms with Crippen LogP contribution in [-0.4, -0.2) is 17.5 Å². The van der Waals surface area contributed by atoms with Gasteiger partial charge in [-0.2, -0.15) is 5.11 Å². The Balaban J connectivity index is 1.18. The van der Waals surface area contributed by atoms with Crippen LogP contribution < -0.4 is 9.47 Å². The van der Waals surface area contributed by atoms with E-state index >= 15 is 0 Å². The topological polar surface area (TPSA) is 68.4 Å². The highest BCUT2D eigenvalue weighted by atomic mass is 16.5. The van der Waals surface area contributed by atoms with Gasteiger partial charge in [-0.3, -0.25) is 0 Å². The van der Waals surface area contributed by atoms with Gasteiger partial charge in [0.15, 0.2) is 12.5 Å². The normalized spacial score (nSPS) is 12.7. The molecule has 0 saturated carbocycles. The molecule has 0 amide bonds. The molecule has 1 aliphatic rings. The minimum Gasteiger partial charge on any atom is -0.489 e. The summed E-state index contributed by atoms with van der Waals surface area (Å²) in [5, 5.41) is 9.11. The third-order valence-corrected chi connectivity index (χ3v) is 5.23. The van der Waals surface area contributed by atoms with E-state index in [0.29, 0.717) is 26.3 Å². The Morgan fingerprint density at radius 1 is 0.688 bits per heavy atom. The molecule has 158 valence electrons. The molecule has 0 fully saturated rings. The number of nitrogens with zero attached hydrogens (tertiary/aromatic N) is 4. The molecular weight excluding hydrogens is 400 g/mol. The number of aliphatic imine (C=N–C) groups is 1. The van der Waals surface area contributed by atoms with Crippen molar-refractivity contribution in [1.29, 1.82) is 0 Å². The molecule has 1 aliphatic heterocycles. The van der Waals surface area contributed by atoms with Gasteiger partial charge in [0.05, 0.1) is 11.2 Å². The average Bonchev–Trinajstić information content (AvgIpc) is 3.36. The lowest BCUT2D eigenvalue weighted by Crippen LogP contribution is -2.04. The summed E-state index contributed by atoms with van der Waals surface area (Å²) in [6.07, 6.45) is 0.665. The first-order valence-electron chi connectivity index (χ1n) is 10.5. The molecule has 4 aromatic rings. The maximum Gasteiger partial charge on any atom is 0.152 e. The predicted octanol–water partition coefficient (Wildman–Crippen LogP) is 5.76. The van der Waals surface area contributed by atoms with Gasteiger partial charge in [0, 0.05) is 11.8 Å². The molecule has 0 atom stereocenters. The van der Waals surface area contributed by atoms with Crippen molar-refractivity contribution in [2.75, 3.05) is 6.67 Å². The molecule has 0 N–H and O–H groups in total. The monoisotopic (exact) mass is 422 g/mol. The minimum absolute atomic E-state index is 0.416. The number of pyridine rings is 1. The molecule has 0 unspecified atom stereocenters. The quantitative estimate of drug-likeness (QED) is 0.363. The van der Waals surface area contributed by atoms with Gasteiger partial charge in [-0.05, 0) is 47.5 Å². The lowest BCUT2D eigenvalue weighted by atomic mass is 10.0. The fraction of sp³-hybridized carbons (Fsp3) is 0.154. The number of rotatable bonds is 8. The molecule has 0 aliphatic carbocycles. The van der Waals surface area contributed by atoms with Crippen molar-refractivity contribution >= 4 is 16.7 Å². The summed E-state index contributed by atoms with van der Waals surface area (Å²) in [5.74, 6) is 2.33. The van der Waals surface area contributed by atoms with Crippen LogP contribution in [0.15, 0.2) is 100 Å². The third-order valence-electron chi connectivity index (χ3n) is 5.23. The molecular formula is C26H22N4O2. The van der Waals surface area contributed by atoms with E-state index < -0.39 is 0 Å². The first kappa shape index (κ1) is 19.9. The van der Waals surface area contributed by atoms with Crippen molar-refractivity contribution in [3.05, 3.63) is 102 Å². The van der Waals surface area contributed by atoms with Crippen LogP contribution in [0.25, 0.3) is 10.9 Å². The van der Waals surface area contributed by atoms with Gasteiger partial charge in [0.25, 0.3) is 0 Å². The number of benzene rings is 3. The number of para-hydroxylation sites is 1.